The number of phenols is 1. The third-order valence-corrected chi connectivity index (χ3v) is 5.16. The Kier molecular flexibility index (Phi) is 6.00. The smallest absolute Gasteiger partial charge is 0.161 e. The van der Waals surface area contributed by atoms with Gasteiger partial charge in [0.2, 0.25) is 0 Å². The van der Waals surface area contributed by atoms with Gasteiger partial charge in [0.05, 0.1) is 6.61 Å². The van der Waals surface area contributed by atoms with Crippen molar-refractivity contribution in [3.8, 4) is 22.6 Å². The van der Waals surface area contributed by atoms with Crippen LogP contribution in [0.25, 0.3) is 11.1 Å². The van der Waals surface area contributed by atoms with Crippen molar-refractivity contribution in [3.05, 3.63) is 59.7 Å². The topological polar surface area (TPSA) is 38.7 Å². The average molecular weight is 352 g/mol. The molecule has 0 fully saturated rings. The molecule has 0 spiro atoms. The molecule has 1 aliphatic carbocycles. The molecule has 3 heteroatoms. The number of benzene rings is 2. The van der Waals surface area contributed by atoms with Crippen molar-refractivity contribution in [2.45, 2.75) is 32.6 Å². The van der Waals surface area contributed by atoms with Crippen molar-refractivity contribution in [2.75, 3.05) is 20.3 Å². The van der Waals surface area contributed by atoms with Crippen LogP contribution in [0.1, 0.15) is 38.2 Å². The molecule has 0 radical (unpaired) electrons. The number of rotatable bonds is 6. The second kappa shape index (κ2) is 8.41. The highest BCUT2D eigenvalue weighted by Crippen LogP contribution is 2.37. The van der Waals surface area contributed by atoms with Crippen LogP contribution in [0, 0.1) is 5.92 Å². The predicted octanol–water partition coefficient (Wildman–Crippen LogP) is 5.54. The molecule has 2 atom stereocenters. The van der Waals surface area contributed by atoms with Crippen molar-refractivity contribution in [1.29, 1.82) is 0 Å². The van der Waals surface area contributed by atoms with Gasteiger partial charge in [-0.2, -0.15) is 0 Å². The second-order valence-electron chi connectivity index (χ2n) is 7.16. The van der Waals surface area contributed by atoms with E-state index in [1.54, 1.807) is 13.2 Å². The molecule has 0 aliphatic heterocycles. The van der Waals surface area contributed by atoms with Gasteiger partial charge < -0.3 is 14.6 Å². The summed E-state index contributed by atoms with van der Waals surface area (Å²) in [6, 6.07) is 14.3. The molecule has 0 heterocycles. The summed E-state index contributed by atoms with van der Waals surface area (Å²) < 4.78 is 10.6. The predicted molar refractivity (Wildman–Crippen MR) is 106 cm³/mol. The summed E-state index contributed by atoms with van der Waals surface area (Å²) in [7, 11) is 1.63. The highest BCUT2D eigenvalue weighted by Gasteiger charge is 2.19. The van der Waals surface area contributed by atoms with E-state index in [1.165, 1.54) is 24.0 Å². The van der Waals surface area contributed by atoms with E-state index in [0.717, 1.165) is 11.1 Å². The normalized spacial score (nSPS) is 19.9. The van der Waals surface area contributed by atoms with Gasteiger partial charge in [-0.1, -0.05) is 48.9 Å². The summed E-state index contributed by atoms with van der Waals surface area (Å²) in [5.74, 6) is 1.87. The Hall–Kier alpha value is -2.26. The maximum absolute atomic E-state index is 9.97. The Morgan fingerprint density at radius 1 is 1.00 bits per heavy atom. The summed E-state index contributed by atoms with van der Waals surface area (Å²) in [6.07, 6.45) is 4.88. The van der Waals surface area contributed by atoms with E-state index in [9.17, 15) is 5.11 Å². The van der Waals surface area contributed by atoms with Gasteiger partial charge in [0.25, 0.3) is 0 Å². The molecule has 0 aromatic heterocycles. The van der Waals surface area contributed by atoms with Crippen molar-refractivity contribution in [3.63, 3.8) is 0 Å². The summed E-state index contributed by atoms with van der Waals surface area (Å²) >= 11 is 0. The number of allylic oxidation sites excluding steroid dienone is 2. The Morgan fingerprint density at radius 2 is 1.73 bits per heavy atom. The number of ether oxygens (including phenoxy) is 2. The number of phenolic OH excluding ortho intramolecular Hbond substituents is 1. The maximum Gasteiger partial charge on any atom is 0.161 e. The van der Waals surface area contributed by atoms with Crippen molar-refractivity contribution in [1.82, 2.24) is 0 Å². The molecule has 0 saturated heterocycles. The van der Waals surface area contributed by atoms with Crippen LogP contribution in [0.4, 0.5) is 0 Å². The first-order valence-corrected chi connectivity index (χ1v) is 9.32. The minimum atomic E-state index is 0.151. The first-order valence-electron chi connectivity index (χ1n) is 9.32. The Bertz CT molecular complexity index is 762. The minimum Gasteiger partial charge on any atom is -0.504 e. The van der Waals surface area contributed by atoms with Crippen LogP contribution in [-0.4, -0.2) is 25.4 Å². The van der Waals surface area contributed by atoms with Gasteiger partial charge in [-0.05, 0) is 54.5 Å². The Morgan fingerprint density at radius 3 is 2.42 bits per heavy atom. The van der Waals surface area contributed by atoms with Crippen LogP contribution < -0.4 is 4.74 Å². The number of hydrogen-bond acceptors (Lipinski definition) is 3. The van der Waals surface area contributed by atoms with E-state index in [-0.39, 0.29) is 5.75 Å². The van der Waals surface area contributed by atoms with Gasteiger partial charge in [-0.3, -0.25) is 0 Å². The van der Waals surface area contributed by atoms with Crippen molar-refractivity contribution >= 4 is 0 Å². The van der Waals surface area contributed by atoms with E-state index in [4.69, 9.17) is 9.47 Å². The largest absolute Gasteiger partial charge is 0.504 e. The van der Waals surface area contributed by atoms with Gasteiger partial charge in [0, 0.05) is 13.0 Å². The van der Waals surface area contributed by atoms with Gasteiger partial charge in [0.1, 0.15) is 6.61 Å². The molecular formula is C23H28O3. The molecule has 1 aliphatic rings. The summed E-state index contributed by atoms with van der Waals surface area (Å²) in [6.45, 7) is 5.45. The fourth-order valence-corrected chi connectivity index (χ4v) is 3.69. The molecular weight excluding hydrogens is 324 g/mol. The molecule has 2 unspecified atom stereocenters. The quantitative estimate of drug-likeness (QED) is 0.547. The highest BCUT2D eigenvalue weighted by atomic mass is 16.5. The van der Waals surface area contributed by atoms with Crippen LogP contribution in [0.5, 0.6) is 11.5 Å². The van der Waals surface area contributed by atoms with Crippen LogP contribution in [0.15, 0.2) is 54.1 Å². The molecule has 3 rings (SSSR count). The minimum absolute atomic E-state index is 0.151. The fraction of sp³-hybridized carbons (Fsp3) is 0.391. The van der Waals surface area contributed by atoms with E-state index in [1.807, 2.05) is 12.1 Å². The third kappa shape index (κ3) is 4.28. The average Bonchev–Trinajstić information content (AvgIpc) is 2.64. The summed E-state index contributed by atoms with van der Waals surface area (Å²) in [4.78, 5) is 0. The van der Waals surface area contributed by atoms with E-state index in [2.05, 4.69) is 44.2 Å². The molecule has 138 valence electrons. The zero-order valence-electron chi connectivity index (χ0n) is 15.9. The molecule has 2 aromatic carbocycles. The summed E-state index contributed by atoms with van der Waals surface area (Å²) in [5, 5.41) is 9.97. The monoisotopic (exact) mass is 352 g/mol. The fourth-order valence-electron chi connectivity index (χ4n) is 3.69. The number of aromatic hydroxyl groups is 1. The van der Waals surface area contributed by atoms with Crippen LogP contribution >= 0.6 is 0 Å². The zero-order chi connectivity index (χ0) is 18.5. The Labute approximate surface area is 156 Å². The second-order valence-corrected chi connectivity index (χ2v) is 7.16. The van der Waals surface area contributed by atoms with Gasteiger partial charge >= 0.3 is 0 Å². The third-order valence-electron chi connectivity index (χ3n) is 5.16. The Balaban J connectivity index is 1.78. The number of methoxy groups -OCH3 is 1. The number of hydrogen-bond donors (Lipinski definition) is 1. The van der Waals surface area contributed by atoms with Crippen LogP contribution in [-0.2, 0) is 4.74 Å². The molecule has 26 heavy (non-hydrogen) atoms. The lowest BCUT2D eigenvalue weighted by atomic mass is 9.79. The maximum atomic E-state index is 9.97. The van der Waals surface area contributed by atoms with E-state index < -0.39 is 0 Å². The highest BCUT2D eigenvalue weighted by molar-refractivity contribution is 5.67. The van der Waals surface area contributed by atoms with Crippen LogP contribution in [0.3, 0.4) is 0 Å². The van der Waals surface area contributed by atoms with E-state index >= 15 is 0 Å². The zero-order valence-corrected chi connectivity index (χ0v) is 15.9. The lowest BCUT2D eigenvalue weighted by Crippen LogP contribution is -2.09. The van der Waals surface area contributed by atoms with Crippen molar-refractivity contribution < 1.29 is 14.6 Å². The molecule has 1 N–H and O–H groups in total. The molecule has 0 saturated carbocycles. The standard InChI is InChI=1S/C23H28O3/c1-16-4-10-21(17(2)14-16)19-7-5-18(6-8-19)20-9-11-22(24)23(15-20)26-13-12-25-3/h5-9,11,14-16,21,24H,4,10,12-13H2,1-3H3. The summed E-state index contributed by atoms with van der Waals surface area (Å²) in [5.41, 5.74) is 5.02. The van der Waals surface area contributed by atoms with Gasteiger partial charge in [-0.15, -0.1) is 0 Å². The van der Waals surface area contributed by atoms with Gasteiger partial charge in [-0.25, -0.2) is 0 Å². The lowest BCUT2D eigenvalue weighted by molar-refractivity contribution is 0.144. The van der Waals surface area contributed by atoms with Crippen LogP contribution in [0.2, 0.25) is 0 Å². The first-order chi connectivity index (χ1) is 12.6. The first kappa shape index (κ1) is 18.5. The molecule has 3 nitrogen and oxygen atoms in total. The molecule has 0 amide bonds. The SMILES string of the molecule is COCCOc1cc(-c2ccc(C3CCC(C)C=C3C)cc2)ccc1O. The molecule has 0 bridgehead atoms. The van der Waals surface area contributed by atoms with E-state index in [0.29, 0.717) is 30.8 Å². The lowest BCUT2D eigenvalue weighted by Gasteiger charge is -2.26. The van der Waals surface area contributed by atoms with Crippen molar-refractivity contribution in [2.24, 2.45) is 5.92 Å². The molecule has 2 aromatic rings. The van der Waals surface area contributed by atoms with Gasteiger partial charge in [0.15, 0.2) is 11.5 Å².